The minimum absolute atomic E-state index is 0.178. The van der Waals surface area contributed by atoms with Crippen LogP contribution in [0.2, 0.25) is 5.02 Å². The second-order valence-corrected chi connectivity index (χ2v) is 8.79. The first-order valence-electron chi connectivity index (χ1n) is 11.2. The van der Waals surface area contributed by atoms with E-state index in [4.69, 9.17) is 21.1 Å². The summed E-state index contributed by atoms with van der Waals surface area (Å²) in [5.74, 6) is -0.456. The number of halogens is 2. The maximum absolute atomic E-state index is 13.4. The van der Waals surface area contributed by atoms with Crippen LogP contribution in [-0.4, -0.2) is 44.0 Å². The lowest BCUT2D eigenvalue weighted by atomic mass is 9.87. The molecule has 1 fully saturated rings. The van der Waals surface area contributed by atoms with Crippen LogP contribution in [0.3, 0.4) is 0 Å². The second kappa shape index (κ2) is 10.8. The van der Waals surface area contributed by atoms with Gasteiger partial charge in [-0.05, 0) is 48.0 Å². The zero-order valence-electron chi connectivity index (χ0n) is 19.5. The van der Waals surface area contributed by atoms with Gasteiger partial charge < -0.3 is 19.7 Å². The van der Waals surface area contributed by atoms with Crippen LogP contribution in [0.25, 0.3) is 0 Å². The summed E-state index contributed by atoms with van der Waals surface area (Å²) in [5.41, 5.74) is 2.07. The topological polar surface area (TPSA) is 67.9 Å². The lowest BCUT2D eigenvalue weighted by Gasteiger charge is -2.21. The van der Waals surface area contributed by atoms with E-state index in [2.05, 4.69) is 5.32 Å². The Bertz CT molecular complexity index is 1200. The molecule has 6 nitrogen and oxygen atoms in total. The molecule has 0 aliphatic carbocycles. The van der Waals surface area contributed by atoms with Gasteiger partial charge in [0, 0.05) is 41.7 Å². The van der Waals surface area contributed by atoms with Gasteiger partial charge in [0.05, 0.1) is 20.1 Å². The molecule has 4 rings (SSSR count). The van der Waals surface area contributed by atoms with E-state index >= 15 is 0 Å². The first-order chi connectivity index (χ1) is 16.9. The molecular weight excluding hydrogens is 471 g/mol. The van der Waals surface area contributed by atoms with Gasteiger partial charge in [0.2, 0.25) is 5.91 Å². The molecule has 3 aromatic rings. The maximum Gasteiger partial charge on any atom is 0.253 e. The smallest absolute Gasteiger partial charge is 0.253 e. The van der Waals surface area contributed by atoms with Crippen molar-refractivity contribution in [3.05, 3.63) is 94.3 Å². The summed E-state index contributed by atoms with van der Waals surface area (Å²) < 4.78 is 24.3. The van der Waals surface area contributed by atoms with Crippen LogP contribution in [0.1, 0.15) is 27.4 Å². The van der Waals surface area contributed by atoms with E-state index < -0.39 is 5.92 Å². The lowest BCUT2D eigenvalue weighted by molar-refractivity contribution is -0.125. The number of benzene rings is 3. The fourth-order valence-corrected chi connectivity index (χ4v) is 4.58. The van der Waals surface area contributed by atoms with Crippen molar-refractivity contribution >= 4 is 23.4 Å². The molecule has 0 saturated carbocycles. The zero-order chi connectivity index (χ0) is 24.9. The van der Waals surface area contributed by atoms with E-state index in [1.165, 1.54) is 12.1 Å². The molecule has 182 valence electrons. The monoisotopic (exact) mass is 496 g/mol. The van der Waals surface area contributed by atoms with Crippen molar-refractivity contribution in [3.63, 3.8) is 0 Å². The maximum atomic E-state index is 13.4. The van der Waals surface area contributed by atoms with E-state index in [1.807, 2.05) is 12.1 Å². The Morgan fingerprint density at radius 1 is 1.00 bits per heavy atom. The largest absolute Gasteiger partial charge is 0.493 e. The first-order valence-corrected chi connectivity index (χ1v) is 11.6. The van der Waals surface area contributed by atoms with Crippen molar-refractivity contribution in [2.75, 3.05) is 27.3 Å². The highest BCUT2D eigenvalue weighted by molar-refractivity contribution is 6.30. The Hall–Kier alpha value is -3.58. The van der Waals surface area contributed by atoms with Crippen LogP contribution in [-0.2, 0) is 11.3 Å². The predicted octanol–water partition coefficient (Wildman–Crippen LogP) is 4.67. The third kappa shape index (κ3) is 5.41. The SMILES string of the molecule is COc1cccc([C@H]2CN(C(=O)c3ccc(Cl)cc3)C[C@H]2C(=O)NCc2ccc(F)cc2)c1OC. The molecule has 1 heterocycles. The second-order valence-electron chi connectivity index (χ2n) is 8.36. The van der Waals surface area contributed by atoms with E-state index in [0.29, 0.717) is 28.6 Å². The fourth-order valence-electron chi connectivity index (χ4n) is 4.45. The van der Waals surface area contributed by atoms with Crippen LogP contribution < -0.4 is 14.8 Å². The number of rotatable bonds is 7. The molecule has 8 heteroatoms. The summed E-state index contributed by atoms with van der Waals surface area (Å²) in [6, 6.07) is 18.2. The van der Waals surface area contributed by atoms with Crippen molar-refractivity contribution in [2.45, 2.75) is 12.5 Å². The number of hydrogen-bond acceptors (Lipinski definition) is 4. The molecule has 1 aliphatic rings. The van der Waals surface area contributed by atoms with Gasteiger partial charge in [0.25, 0.3) is 5.91 Å². The van der Waals surface area contributed by atoms with E-state index in [1.54, 1.807) is 61.6 Å². The van der Waals surface area contributed by atoms with Crippen LogP contribution in [0.15, 0.2) is 66.7 Å². The summed E-state index contributed by atoms with van der Waals surface area (Å²) in [6.07, 6.45) is 0. The summed E-state index contributed by atoms with van der Waals surface area (Å²) in [7, 11) is 3.11. The number of para-hydroxylation sites is 1. The number of carbonyl (C=O) groups is 2. The Labute approximate surface area is 208 Å². The fraction of sp³-hybridized carbons (Fsp3) is 0.259. The van der Waals surface area contributed by atoms with Crippen molar-refractivity contribution in [1.29, 1.82) is 0 Å². The van der Waals surface area contributed by atoms with Crippen molar-refractivity contribution in [1.82, 2.24) is 10.2 Å². The molecule has 1 saturated heterocycles. The number of hydrogen-bond donors (Lipinski definition) is 1. The number of ether oxygens (including phenoxy) is 2. The van der Waals surface area contributed by atoms with E-state index in [0.717, 1.165) is 11.1 Å². The molecule has 0 aromatic heterocycles. The van der Waals surface area contributed by atoms with Gasteiger partial charge in [-0.15, -0.1) is 0 Å². The molecule has 2 atom stereocenters. The number of likely N-dealkylation sites (tertiary alicyclic amines) is 1. The van der Waals surface area contributed by atoms with Gasteiger partial charge in [-0.25, -0.2) is 4.39 Å². The first kappa shape index (κ1) is 24.5. The standard InChI is InChI=1S/C27H26ClFN2O4/c1-34-24-5-3-4-21(25(24)35-2)22-15-31(27(33)18-8-10-19(28)11-9-18)16-23(22)26(32)30-14-17-6-12-20(29)13-7-17/h3-13,22-23H,14-16H2,1-2H3,(H,30,32)/t22-,23-/m1/s1. The van der Waals surface area contributed by atoms with Crippen LogP contribution in [0.4, 0.5) is 4.39 Å². The third-order valence-corrected chi connectivity index (χ3v) is 6.50. The molecule has 35 heavy (non-hydrogen) atoms. The molecule has 0 bridgehead atoms. The van der Waals surface area contributed by atoms with E-state index in [-0.39, 0.29) is 36.6 Å². The molecule has 0 spiro atoms. The molecule has 3 aromatic carbocycles. The van der Waals surface area contributed by atoms with Gasteiger partial charge in [-0.2, -0.15) is 0 Å². The normalized spacial score (nSPS) is 17.2. The minimum Gasteiger partial charge on any atom is -0.493 e. The number of nitrogens with zero attached hydrogens (tertiary/aromatic N) is 1. The van der Waals surface area contributed by atoms with Crippen molar-refractivity contribution in [3.8, 4) is 11.5 Å². The highest BCUT2D eigenvalue weighted by atomic mass is 35.5. The lowest BCUT2D eigenvalue weighted by Crippen LogP contribution is -2.35. The highest BCUT2D eigenvalue weighted by Crippen LogP contribution is 2.42. The number of nitrogens with one attached hydrogen (secondary N) is 1. The van der Waals surface area contributed by atoms with Gasteiger partial charge in [-0.1, -0.05) is 35.9 Å². The number of methoxy groups -OCH3 is 2. The molecule has 1 N–H and O–H groups in total. The average molecular weight is 497 g/mol. The van der Waals surface area contributed by atoms with Crippen molar-refractivity contribution < 1.29 is 23.5 Å². The predicted molar refractivity (Wildman–Crippen MR) is 131 cm³/mol. The van der Waals surface area contributed by atoms with Crippen LogP contribution in [0.5, 0.6) is 11.5 Å². The van der Waals surface area contributed by atoms with Crippen LogP contribution in [0, 0.1) is 11.7 Å². The summed E-state index contributed by atoms with van der Waals surface area (Å²) in [5, 5.41) is 3.49. The number of amides is 2. The number of carbonyl (C=O) groups excluding carboxylic acids is 2. The van der Waals surface area contributed by atoms with Gasteiger partial charge in [0.1, 0.15) is 5.82 Å². The summed E-state index contributed by atoms with van der Waals surface area (Å²) >= 11 is 5.98. The van der Waals surface area contributed by atoms with Gasteiger partial charge >= 0.3 is 0 Å². The van der Waals surface area contributed by atoms with Gasteiger partial charge in [-0.3, -0.25) is 9.59 Å². The highest BCUT2D eigenvalue weighted by Gasteiger charge is 2.42. The van der Waals surface area contributed by atoms with Gasteiger partial charge in [0.15, 0.2) is 11.5 Å². The Balaban J connectivity index is 1.61. The average Bonchev–Trinajstić information content (AvgIpc) is 3.33. The van der Waals surface area contributed by atoms with Crippen LogP contribution >= 0.6 is 11.6 Å². The molecule has 0 unspecified atom stereocenters. The molecular formula is C27H26ClFN2O4. The Morgan fingerprint density at radius 2 is 1.71 bits per heavy atom. The quantitative estimate of drug-likeness (QED) is 0.516. The third-order valence-electron chi connectivity index (χ3n) is 6.25. The molecule has 1 aliphatic heterocycles. The molecule has 0 radical (unpaired) electrons. The summed E-state index contributed by atoms with van der Waals surface area (Å²) in [4.78, 5) is 28.3. The van der Waals surface area contributed by atoms with Crippen molar-refractivity contribution in [2.24, 2.45) is 5.92 Å². The van der Waals surface area contributed by atoms with E-state index in [9.17, 15) is 14.0 Å². The molecule has 2 amide bonds. The Morgan fingerprint density at radius 3 is 2.37 bits per heavy atom. The zero-order valence-corrected chi connectivity index (χ0v) is 20.2. The Kier molecular flexibility index (Phi) is 7.56. The minimum atomic E-state index is -0.521. The summed E-state index contributed by atoms with van der Waals surface area (Å²) in [6.45, 7) is 0.823.